The maximum atomic E-state index is 13.6. The largest absolute Gasteiger partial charge is 0.278 e. The monoisotopic (exact) mass is 483 g/mol. The summed E-state index contributed by atoms with van der Waals surface area (Å²) in [5.74, 6) is 0. The van der Waals surface area contributed by atoms with E-state index in [-0.39, 0.29) is 16.1 Å². The second-order valence-electron chi connectivity index (χ2n) is 8.57. The number of anilines is 1. The van der Waals surface area contributed by atoms with Gasteiger partial charge >= 0.3 is 0 Å². The molecule has 0 atom stereocenters. The minimum Gasteiger partial charge on any atom is -0.267 e. The third-order valence-electron chi connectivity index (χ3n) is 6.17. The van der Waals surface area contributed by atoms with E-state index in [0.29, 0.717) is 17.5 Å². The molecule has 1 heterocycles. The normalized spacial score (nSPS) is 11.6. The van der Waals surface area contributed by atoms with Crippen LogP contribution >= 0.6 is 0 Å². The molecule has 0 amide bonds. The summed E-state index contributed by atoms with van der Waals surface area (Å²) in [5.41, 5.74) is 1.28. The highest BCUT2D eigenvalue weighted by molar-refractivity contribution is 7.92. The Hall–Kier alpha value is -3.00. The van der Waals surface area contributed by atoms with Crippen LogP contribution in [0.25, 0.3) is 10.9 Å². The average Bonchev–Trinajstić information content (AvgIpc) is 2.84. The number of pyridine rings is 1. The first-order valence-corrected chi connectivity index (χ1v) is 13.4. The van der Waals surface area contributed by atoms with Crippen molar-refractivity contribution in [3.05, 3.63) is 70.4 Å². The minimum atomic E-state index is -3.88. The van der Waals surface area contributed by atoms with Crippen molar-refractivity contribution in [1.82, 2.24) is 4.98 Å². The lowest BCUT2D eigenvalue weighted by Gasteiger charge is -2.22. The molecule has 0 radical (unpaired) electrons. The van der Waals surface area contributed by atoms with E-state index in [9.17, 15) is 18.5 Å². The lowest BCUT2D eigenvalue weighted by Crippen LogP contribution is -2.28. The molecule has 0 fully saturated rings. The van der Waals surface area contributed by atoms with Crippen LogP contribution in [0.1, 0.15) is 63.9 Å². The van der Waals surface area contributed by atoms with Gasteiger partial charge in [0.25, 0.3) is 15.7 Å². The fourth-order valence-corrected chi connectivity index (χ4v) is 5.70. The number of aryl methyl sites for hydroxylation is 1. The quantitative estimate of drug-likeness (QED) is 0.154. The maximum absolute atomic E-state index is 13.6. The number of fused-ring (bicyclic) bond motifs is 1. The number of hydrogen-bond acceptors (Lipinski definition) is 5. The van der Waals surface area contributed by atoms with E-state index < -0.39 is 14.9 Å². The van der Waals surface area contributed by atoms with Crippen molar-refractivity contribution >= 4 is 32.3 Å². The number of benzene rings is 2. The number of non-ortho nitro benzene ring substituents is 1. The zero-order valence-corrected chi connectivity index (χ0v) is 20.8. The molecule has 0 aliphatic rings. The number of sulfonamides is 1. The first kappa shape index (κ1) is 25.6. The molecule has 1 aromatic heterocycles. The summed E-state index contributed by atoms with van der Waals surface area (Å²) in [6.07, 6.45) is 11.7. The van der Waals surface area contributed by atoms with Crippen molar-refractivity contribution in [1.29, 1.82) is 0 Å². The van der Waals surface area contributed by atoms with Crippen LogP contribution in [-0.2, 0) is 16.4 Å². The third kappa shape index (κ3) is 5.91. The van der Waals surface area contributed by atoms with Gasteiger partial charge < -0.3 is 0 Å². The molecular weight excluding hydrogens is 450 g/mol. The minimum absolute atomic E-state index is 0.104. The molecule has 0 aliphatic carbocycles. The summed E-state index contributed by atoms with van der Waals surface area (Å²) in [6.45, 7) is 2.21. The Morgan fingerprint density at radius 3 is 2.29 bits per heavy atom. The van der Waals surface area contributed by atoms with Gasteiger partial charge in [-0.2, -0.15) is 0 Å². The predicted molar refractivity (Wildman–Crippen MR) is 137 cm³/mol. The molecule has 3 aromatic rings. The number of nitro groups is 1. The second kappa shape index (κ2) is 11.9. The molecule has 182 valence electrons. The van der Waals surface area contributed by atoms with Crippen LogP contribution in [0.4, 0.5) is 11.4 Å². The zero-order chi connectivity index (χ0) is 24.6. The Balaban J connectivity index is 1.79. The fraction of sp³-hybridized carbons (Fsp3) is 0.423. The summed E-state index contributed by atoms with van der Waals surface area (Å²) in [4.78, 5) is 15.5. The number of aromatic nitrogens is 1. The van der Waals surface area contributed by atoms with Gasteiger partial charge in [-0.25, -0.2) is 8.42 Å². The highest BCUT2D eigenvalue weighted by Crippen LogP contribution is 2.34. The molecule has 0 aliphatic heterocycles. The van der Waals surface area contributed by atoms with E-state index in [0.717, 1.165) is 18.4 Å². The van der Waals surface area contributed by atoms with Gasteiger partial charge in [0.15, 0.2) is 0 Å². The molecule has 34 heavy (non-hydrogen) atoms. The lowest BCUT2D eigenvalue weighted by atomic mass is 10.0. The number of hydrogen-bond donors (Lipinski definition) is 0. The molecule has 0 saturated carbocycles. The molecule has 0 unspecified atom stereocenters. The number of nitrogens with zero attached hydrogens (tertiary/aromatic N) is 3. The van der Waals surface area contributed by atoms with Crippen molar-refractivity contribution in [2.45, 2.75) is 69.6 Å². The van der Waals surface area contributed by atoms with Crippen LogP contribution in [0.3, 0.4) is 0 Å². The molecule has 0 spiro atoms. The topological polar surface area (TPSA) is 93.4 Å². The SMILES string of the molecule is CCCCCCCCCCc1ccccc1S(=O)(=O)N(C)c1ccc([N+](=O)[O-])c2cccnc12. The smallest absolute Gasteiger partial charge is 0.267 e. The van der Waals surface area contributed by atoms with Crippen LogP contribution in [0.2, 0.25) is 0 Å². The fourth-order valence-electron chi connectivity index (χ4n) is 4.24. The van der Waals surface area contributed by atoms with E-state index in [1.54, 1.807) is 24.3 Å². The molecule has 0 bridgehead atoms. The van der Waals surface area contributed by atoms with Crippen LogP contribution in [-0.4, -0.2) is 25.4 Å². The van der Waals surface area contributed by atoms with Crippen molar-refractivity contribution in [3.8, 4) is 0 Å². The van der Waals surface area contributed by atoms with E-state index in [2.05, 4.69) is 11.9 Å². The second-order valence-corrected chi connectivity index (χ2v) is 10.5. The molecule has 2 aromatic carbocycles. The Kier molecular flexibility index (Phi) is 8.98. The van der Waals surface area contributed by atoms with Crippen LogP contribution in [0.15, 0.2) is 59.6 Å². The van der Waals surface area contributed by atoms with Gasteiger partial charge in [-0.3, -0.25) is 19.4 Å². The van der Waals surface area contributed by atoms with Crippen molar-refractivity contribution in [2.75, 3.05) is 11.4 Å². The Bertz CT molecular complexity index is 1230. The highest BCUT2D eigenvalue weighted by atomic mass is 32.2. The van der Waals surface area contributed by atoms with Crippen LogP contribution in [0, 0.1) is 10.1 Å². The molecule has 7 nitrogen and oxygen atoms in total. The summed E-state index contributed by atoms with van der Waals surface area (Å²) in [7, 11) is -2.41. The number of unbranched alkanes of at least 4 members (excludes halogenated alkanes) is 7. The first-order valence-electron chi connectivity index (χ1n) is 12.0. The Morgan fingerprint density at radius 1 is 0.912 bits per heavy atom. The standard InChI is InChI=1S/C26H33N3O4S/c1-3-4-5-6-7-8-9-10-14-21-15-11-12-17-25(21)34(32,33)28(2)24-19-18-23(29(30)31)22-16-13-20-27-26(22)24/h11-13,15-20H,3-10,14H2,1-2H3. The molecular formula is C26H33N3O4S. The van der Waals surface area contributed by atoms with Gasteiger partial charge in [0.1, 0.15) is 5.52 Å². The van der Waals surface area contributed by atoms with Gasteiger partial charge in [0.2, 0.25) is 0 Å². The molecule has 0 saturated heterocycles. The van der Waals surface area contributed by atoms with Gasteiger partial charge in [0.05, 0.1) is 20.9 Å². The van der Waals surface area contributed by atoms with Crippen molar-refractivity contribution < 1.29 is 13.3 Å². The lowest BCUT2D eigenvalue weighted by molar-refractivity contribution is -0.383. The van der Waals surface area contributed by atoms with Crippen LogP contribution in [0.5, 0.6) is 0 Å². The highest BCUT2D eigenvalue weighted by Gasteiger charge is 2.27. The first-order chi connectivity index (χ1) is 16.4. The van der Waals surface area contributed by atoms with Gasteiger partial charge in [0, 0.05) is 19.3 Å². The third-order valence-corrected chi connectivity index (χ3v) is 8.04. The van der Waals surface area contributed by atoms with E-state index in [4.69, 9.17) is 0 Å². The molecule has 8 heteroatoms. The van der Waals surface area contributed by atoms with E-state index >= 15 is 0 Å². The van der Waals surface area contributed by atoms with Gasteiger partial charge in [-0.1, -0.05) is 70.1 Å². The van der Waals surface area contributed by atoms with E-state index in [1.165, 1.54) is 68.2 Å². The summed E-state index contributed by atoms with van der Waals surface area (Å²) < 4.78 is 28.4. The average molecular weight is 484 g/mol. The Labute approximate surface area is 202 Å². The Morgan fingerprint density at radius 2 is 1.59 bits per heavy atom. The summed E-state index contributed by atoms with van der Waals surface area (Å²) in [5, 5.41) is 11.7. The molecule has 3 rings (SSSR count). The summed E-state index contributed by atoms with van der Waals surface area (Å²) >= 11 is 0. The zero-order valence-electron chi connectivity index (χ0n) is 19.9. The van der Waals surface area contributed by atoms with Gasteiger partial charge in [-0.15, -0.1) is 0 Å². The number of nitro benzene ring substituents is 1. The maximum Gasteiger partial charge on any atom is 0.278 e. The van der Waals surface area contributed by atoms with Gasteiger partial charge in [-0.05, 0) is 42.7 Å². The van der Waals surface area contributed by atoms with Crippen LogP contribution < -0.4 is 4.31 Å². The predicted octanol–water partition coefficient (Wildman–Crippen LogP) is 6.65. The number of rotatable bonds is 13. The van der Waals surface area contributed by atoms with Crippen molar-refractivity contribution in [2.24, 2.45) is 0 Å². The summed E-state index contributed by atoms with van der Waals surface area (Å²) in [6, 6.07) is 13.1. The molecule has 0 N–H and O–H groups in total. The van der Waals surface area contributed by atoms with Crippen molar-refractivity contribution in [3.63, 3.8) is 0 Å². The van der Waals surface area contributed by atoms with E-state index in [1.807, 2.05) is 12.1 Å².